The second kappa shape index (κ2) is 6.82. The van der Waals surface area contributed by atoms with Gasteiger partial charge in [-0.1, -0.05) is 12.5 Å². The molecular weight excluding hydrogens is 284 g/mol. The van der Waals surface area contributed by atoms with Crippen molar-refractivity contribution in [1.82, 2.24) is 0 Å². The minimum Gasteiger partial charge on any atom is -0.461 e. The second-order valence-corrected chi connectivity index (χ2v) is 6.95. The normalized spacial score (nSPS) is 31.8. The molecule has 0 spiro atoms. The third-order valence-electron chi connectivity index (χ3n) is 4.77. The molecule has 124 valence electrons. The summed E-state index contributed by atoms with van der Waals surface area (Å²) in [5, 5.41) is 9.60. The Kier molecular flexibility index (Phi) is 5.27. The quantitative estimate of drug-likeness (QED) is 0.637. The Morgan fingerprint density at radius 2 is 1.95 bits per heavy atom. The maximum Gasteiger partial charge on any atom is 0.334 e. The molecular formula is C17H26O5. The Morgan fingerprint density at radius 3 is 2.45 bits per heavy atom. The van der Waals surface area contributed by atoms with Gasteiger partial charge in [0.2, 0.25) is 0 Å². The topological polar surface area (TPSA) is 72.8 Å². The van der Waals surface area contributed by atoms with Crippen LogP contribution in [0.4, 0.5) is 0 Å². The van der Waals surface area contributed by atoms with Crippen molar-refractivity contribution in [3.8, 4) is 0 Å². The fraction of sp³-hybridized carbons (Fsp3) is 0.765. The molecule has 5 nitrogen and oxygen atoms in total. The summed E-state index contributed by atoms with van der Waals surface area (Å²) in [6, 6.07) is 0. The number of rotatable bonds is 4. The van der Waals surface area contributed by atoms with E-state index < -0.39 is 11.6 Å². The van der Waals surface area contributed by atoms with Crippen LogP contribution in [0.1, 0.15) is 52.9 Å². The number of ether oxygens (including phenoxy) is 2. The Bertz CT molecular complexity index is 469. The third kappa shape index (κ3) is 3.69. The SMILES string of the molecule is CC(C)=C1CC(CO)(COC(=O)C2CCC(C)CC2)OC1=O. The van der Waals surface area contributed by atoms with Crippen molar-refractivity contribution < 1.29 is 24.2 Å². The highest BCUT2D eigenvalue weighted by Crippen LogP contribution is 2.34. The van der Waals surface area contributed by atoms with Gasteiger partial charge in [0, 0.05) is 12.0 Å². The van der Waals surface area contributed by atoms with Crippen LogP contribution in [-0.4, -0.2) is 35.9 Å². The van der Waals surface area contributed by atoms with Crippen molar-refractivity contribution in [1.29, 1.82) is 0 Å². The summed E-state index contributed by atoms with van der Waals surface area (Å²) < 4.78 is 10.7. The molecule has 1 saturated heterocycles. The van der Waals surface area contributed by atoms with E-state index in [0.29, 0.717) is 17.9 Å². The van der Waals surface area contributed by atoms with E-state index in [1.54, 1.807) is 0 Å². The van der Waals surface area contributed by atoms with Crippen LogP contribution < -0.4 is 0 Å². The van der Waals surface area contributed by atoms with Gasteiger partial charge in [0.1, 0.15) is 6.61 Å². The Balaban J connectivity index is 1.93. The standard InChI is InChI=1S/C17H26O5/c1-11(2)14-8-17(9-18,22-16(14)20)10-21-15(19)13-6-4-12(3)5-7-13/h12-13,18H,4-10H2,1-3H3. The van der Waals surface area contributed by atoms with Crippen molar-refractivity contribution in [3.05, 3.63) is 11.1 Å². The minimum absolute atomic E-state index is 0.0630. The zero-order valence-corrected chi connectivity index (χ0v) is 13.7. The van der Waals surface area contributed by atoms with E-state index in [2.05, 4.69) is 6.92 Å². The maximum atomic E-state index is 12.2. The van der Waals surface area contributed by atoms with Crippen molar-refractivity contribution in [3.63, 3.8) is 0 Å². The molecule has 1 atom stereocenters. The van der Waals surface area contributed by atoms with E-state index in [1.165, 1.54) is 0 Å². The lowest BCUT2D eigenvalue weighted by Crippen LogP contribution is -2.40. The number of aliphatic hydroxyl groups is 1. The van der Waals surface area contributed by atoms with Gasteiger partial charge in [-0.2, -0.15) is 0 Å². The molecule has 1 heterocycles. The highest BCUT2D eigenvalue weighted by Gasteiger charge is 2.45. The molecule has 2 aliphatic rings. The van der Waals surface area contributed by atoms with Gasteiger partial charge in [0.05, 0.1) is 12.5 Å². The molecule has 22 heavy (non-hydrogen) atoms. The zero-order valence-electron chi connectivity index (χ0n) is 13.7. The van der Waals surface area contributed by atoms with Crippen LogP contribution in [0.25, 0.3) is 0 Å². The van der Waals surface area contributed by atoms with Crippen LogP contribution >= 0.6 is 0 Å². The Morgan fingerprint density at radius 1 is 1.32 bits per heavy atom. The van der Waals surface area contributed by atoms with E-state index in [-0.39, 0.29) is 25.1 Å². The Labute approximate surface area is 131 Å². The van der Waals surface area contributed by atoms with Crippen LogP contribution in [0.2, 0.25) is 0 Å². The summed E-state index contributed by atoms with van der Waals surface area (Å²) in [7, 11) is 0. The first kappa shape index (κ1) is 17.0. The molecule has 2 rings (SSSR count). The van der Waals surface area contributed by atoms with Crippen molar-refractivity contribution in [2.45, 2.75) is 58.5 Å². The maximum absolute atomic E-state index is 12.2. The molecule has 1 N–H and O–H groups in total. The van der Waals surface area contributed by atoms with E-state index in [9.17, 15) is 14.7 Å². The summed E-state index contributed by atoms with van der Waals surface area (Å²) in [5.41, 5.74) is 0.325. The molecule has 1 aliphatic carbocycles. The number of esters is 2. The number of allylic oxidation sites excluding steroid dienone is 1. The van der Waals surface area contributed by atoms with Crippen LogP contribution in [0.5, 0.6) is 0 Å². The first-order valence-corrected chi connectivity index (χ1v) is 8.04. The smallest absolute Gasteiger partial charge is 0.334 e. The highest BCUT2D eigenvalue weighted by atomic mass is 16.6. The molecule has 0 radical (unpaired) electrons. The van der Waals surface area contributed by atoms with Gasteiger partial charge < -0.3 is 14.6 Å². The lowest BCUT2D eigenvalue weighted by molar-refractivity contribution is -0.169. The third-order valence-corrected chi connectivity index (χ3v) is 4.77. The molecule has 2 fully saturated rings. The summed E-state index contributed by atoms with van der Waals surface area (Å²) in [4.78, 5) is 24.0. The van der Waals surface area contributed by atoms with Crippen molar-refractivity contribution in [2.24, 2.45) is 11.8 Å². The molecule has 1 saturated carbocycles. The first-order valence-electron chi connectivity index (χ1n) is 8.04. The molecule has 0 amide bonds. The van der Waals surface area contributed by atoms with Crippen LogP contribution in [0, 0.1) is 11.8 Å². The van der Waals surface area contributed by atoms with Gasteiger partial charge in [0.25, 0.3) is 0 Å². The predicted molar refractivity (Wildman–Crippen MR) is 81.0 cm³/mol. The van der Waals surface area contributed by atoms with E-state index >= 15 is 0 Å². The van der Waals surface area contributed by atoms with Crippen LogP contribution in [0.15, 0.2) is 11.1 Å². The van der Waals surface area contributed by atoms with E-state index in [4.69, 9.17) is 9.47 Å². The van der Waals surface area contributed by atoms with Crippen molar-refractivity contribution in [2.75, 3.05) is 13.2 Å². The predicted octanol–water partition coefficient (Wildman–Crippen LogP) is 2.37. The molecule has 1 unspecified atom stereocenters. The lowest BCUT2D eigenvalue weighted by Gasteiger charge is -2.28. The number of hydrogen-bond acceptors (Lipinski definition) is 5. The summed E-state index contributed by atoms with van der Waals surface area (Å²) in [6.45, 7) is 5.45. The number of cyclic esters (lactones) is 1. The summed E-state index contributed by atoms with van der Waals surface area (Å²) in [6.07, 6.45) is 4.08. The molecule has 0 aromatic rings. The zero-order chi connectivity index (χ0) is 16.3. The Hall–Kier alpha value is -1.36. The van der Waals surface area contributed by atoms with Gasteiger partial charge in [-0.05, 0) is 45.4 Å². The second-order valence-electron chi connectivity index (χ2n) is 6.95. The van der Waals surface area contributed by atoms with Gasteiger partial charge in [0.15, 0.2) is 5.60 Å². The van der Waals surface area contributed by atoms with E-state index in [0.717, 1.165) is 31.3 Å². The average molecular weight is 310 g/mol. The number of carbonyl (C=O) groups is 2. The summed E-state index contributed by atoms with van der Waals surface area (Å²) in [5.74, 6) is -0.0474. The fourth-order valence-electron chi connectivity index (χ4n) is 3.10. The van der Waals surface area contributed by atoms with Gasteiger partial charge in [-0.15, -0.1) is 0 Å². The molecule has 1 aliphatic heterocycles. The highest BCUT2D eigenvalue weighted by molar-refractivity contribution is 5.92. The fourth-order valence-corrected chi connectivity index (χ4v) is 3.10. The van der Waals surface area contributed by atoms with Crippen LogP contribution in [0.3, 0.4) is 0 Å². The molecule has 0 aromatic heterocycles. The number of aliphatic hydroxyl groups excluding tert-OH is 1. The molecule has 0 aromatic carbocycles. The monoisotopic (exact) mass is 310 g/mol. The molecule has 0 bridgehead atoms. The average Bonchev–Trinajstić information content (AvgIpc) is 2.83. The van der Waals surface area contributed by atoms with Gasteiger partial charge >= 0.3 is 11.9 Å². The molecule has 5 heteroatoms. The lowest BCUT2D eigenvalue weighted by atomic mass is 9.83. The van der Waals surface area contributed by atoms with Gasteiger partial charge in [-0.25, -0.2) is 4.79 Å². The largest absolute Gasteiger partial charge is 0.461 e. The number of carbonyl (C=O) groups excluding carboxylic acids is 2. The van der Waals surface area contributed by atoms with Gasteiger partial charge in [-0.3, -0.25) is 4.79 Å². The van der Waals surface area contributed by atoms with Crippen LogP contribution in [-0.2, 0) is 19.1 Å². The minimum atomic E-state index is -1.11. The van der Waals surface area contributed by atoms with E-state index in [1.807, 2.05) is 13.8 Å². The summed E-state index contributed by atoms with van der Waals surface area (Å²) >= 11 is 0. The number of hydrogen-bond donors (Lipinski definition) is 1. The van der Waals surface area contributed by atoms with Crippen molar-refractivity contribution >= 4 is 11.9 Å². The first-order chi connectivity index (χ1) is 10.4.